The Morgan fingerprint density at radius 1 is 1.03 bits per heavy atom. The molecule has 1 saturated heterocycles. The summed E-state index contributed by atoms with van der Waals surface area (Å²) < 4.78 is 37.6. The highest BCUT2D eigenvalue weighted by molar-refractivity contribution is 7.89. The number of carbonyl (C=O) groups is 2. The molecule has 2 amide bonds. The molecule has 2 aromatic rings. The van der Waals surface area contributed by atoms with Crippen LogP contribution in [-0.2, 0) is 26.2 Å². The molecule has 1 aliphatic rings. The Bertz CT molecular complexity index is 1090. The molecule has 1 aliphatic heterocycles. The Hall–Kier alpha value is -3.11. The van der Waals surface area contributed by atoms with Gasteiger partial charge in [0.05, 0.1) is 25.0 Å². The number of sulfonamides is 1. The summed E-state index contributed by atoms with van der Waals surface area (Å²) in [4.78, 5) is 24.9. The van der Waals surface area contributed by atoms with E-state index in [1.165, 1.54) is 23.5 Å². The van der Waals surface area contributed by atoms with E-state index in [0.717, 1.165) is 11.3 Å². The van der Waals surface area contributed by atoms with E-state index in [4.69, 9.17) is 9.47 Å². The van der Waals surface area contributed by atoms with E-state index in [2.05, 4.69) is 10.6 Å². The normalized spacial score (nSPS) is 16.5. The average molecular weight is 490 g/mol. The summed E-state index contributed by atoms with van der Waals surface area (Å²) >= 11 is 0. The van der Waals surface area contributed by atoms with Gasteiger partial charge in [0.2, 0.25) is 21.8 Å². The fourth-order valence-electron chi connectivity index (χ4n) is 3.79. The van der Waals surface area contributed by atoms with Gasteiger partial charge in [0.25, 0.3) is 0 Å². The summed E-state index contributed by atoms with van der Waals surface area (Å²) in [7, 11) is -0.602. The highest BCUT2D eigenvalue weighted by Crippen LogP contribution is 2.25. The lowest BCUT2D eigenvalue weighted by atomic mass is 9.99. The number of ether oxygens (including phenoxy) is 2. The van der Waals surface area contributed by atoms with Gasteiger partial charge < -0.3 is 20.1 Å². The highest BCUT2D eigenvalue weighted by atomic mass is 32.2. The van der Waals surface area contributed by atoms with Crippen molar-refractivity contribution in [2.24, 2.45) is 5.92 Å². The van der Waals surface area contributed by atoms with E-state index in [-0.39, 0.29) is 36.2 Å². The Balaban J connectivity index is 1.45. The molecule has 34 heavy (non-hydrogen) atoms. The molecule has 0 unspecified atom stereocenters. The van der Waals surface area contributed by atoms with Crippen LogP contribution in [0, 0.1) is 5.92 Å². The molecule has 0 spiro atoms. The van der Waals surface area contributed by atoms with Crippen LogP contribution in [0.1, 0.15) is 24.8 Å². The Morgan fingerprint density at radius 2 is 1.76 bits per heavy atom. The van der Waals surface area contributed by atoms with Crippen LogP contribution in [0.25, 0.3) is 0 Å². The zero-order valence-corrected chi connectivity index (χ0v) is 20.3. The highest BCUT2D eigenvalue weighted by Gasteiger charge is 2.33. The minimum absolute atomic E-state index is 0.113. The van der Waals surface area contributed by atoms with Crippen molar-refractivity contribution >= 4 is 21.8 Å². The first kappa shape index (κ1) is 25.5. The number of methoxy groups -OCH3 is 2. The average Bonchev–Trinajstić information content (AvgIpc) is 2.87. The zero-order valence-electron chi connectivity index (χ0n) is 19.5. The monoisotopic (exact) mass is 489 g/mol. The molecule has 1 fully saturated rings. The Morgan fingerprint density at radius 3 is 2.47 bits per heavy atom. The van der Waals surface area contributed by atoms with Crippen molar-refractivity contribution in [3.05, 3.63) is 54.1 Å². The summed E-state index contributed by atoms with van der Waals surface area (Å²) in [5.41, 5.74) is 0.914. The minimum atomic E-state index is -3.70. The number of nitrogens with one attached hydrogen (secondary N) is 2. The van der Waals surface area contributed by atoms with E-state index >= 15 is 0 Å². The number of carbonyl (C=O) groups excluding carboxylic acids is 2. The second-order valence-corrected chi connectivity index (χ2v) is 9.98. The molecular weight excluding hydrogens is 458 g/mol. The van der Waals surface area contributed by atoms with Gasteiger partial charge in [-0.15, -0.1) is 0 Å². The number of rotatable bonds is 10. The number of hydrogen-bond donors (Lipinski definition) is 2. The van der Waals surface area contributed by atoms with Crippen molar-refractivity contribution in [3.8, 4) is 11.5 Å². The lowest BCUT2D eigenvalue weighted by molar-refractivity contribution is -0.126. The molecule has 1 heterocycles. The Kier molecular flexibility index (Phi) is 8.89. The second kappa shape index (κ2) is 11.8. The SMILES string of the molecule is COc1ccc(S(=O)(=O)N2CCC[C@@H](C(=O)NCCC(=O)NCc3cccc(OC)c3)C2)cc1. The maximum absolute atomic E-state index is 13.0. The molecule has 0 aliphatic carbocycles. The fraction of sp³-hybridized carbons (Fsp3) is 0.417. The smallest absolute Gasteiger partial charge is 0.243 e. The molecule has 2 aromatic carbocycles. The van der Waals surface area contributed by atoms with E-state index in [1.54, 1.807) is 19.2 Å². The molecule has 0 radical (unpaired) electrons. The van der Waals surface area contributed by atoms with Gasteiger partial charge in [0, 0.05) is 32.6 Å². The van der Waals surface area contributed by atoms with Crippen LogP contribution in [0.2, 0.25) is 0 Å². The van der Waals surface area contributed by atoms with Crippen LogP contribution < -0.4 is 20.1 Å². The topological polar surface area (TPSA) is 114 Å². The third-order valence-corrected chi connectivity index (χ3v) is 7.61. The van der Waals surface area contributed by atoms with Crippen LogP contribution >= 0.6 is 0 Å². The third-order valence-electron chi connectivity index (χ3n) is 5.73. The number of hydrogen-bond acceptors (Lipinski definition) is 6. The maximum atomic E-state index is 13.0. The molecule has 1 atom stereocenters. The van der Waals surface area contributed by atoms with Crippen molar-refractivity contribution in [2.45, 2.75) is 30.7 Å². The zero-order chi connectivity index (χ0) is 24.6. The van der Waals surface area contributed by atoms with E-state index in [9.17, 15) is 18.0 Å². The van der Waals surface area contributed by atoms with Crippen molar-refractivity contribution in [2.75, 3.05) is 33.9 Å². The van der Waals surface area contributed by atoms with E-state index in [1.807, 2.05) is 24.3 Å². The quantitative estimate of drug-likeness (QED) is 0.527. The number of amides is 2. The summed E-state index contributed by atoms with van der Waals surface area (Å²) in [6.45, 7) is 1.03. The fourth-order valence-corrected chi connectivity index (χ4v) is 5.31. The Labute approximate surface area is 200 Å². The van der Waals surface area contributed by atoms with Gasteiger partial charge >= 0.3 is 0 Å². The van der Waals surface area contributed by atoms with Gasteiger partial charge in [-0.3, -0.25) is 9.59 Å². The maximum Gasteiger partial charge on any atom is 0.243 e. The lowest BCUT2D eigenvalue weighted by Crippen LogP contribution is -2.45. The predicted molar refractivity (Wildman–Crippen MR) is 127 cm³/mol. The molecule has 184 valence electrons. The molecule has 10 heteroatoms. The van der Waals surface area contributed by atoms with Crippen LogP contribution in [0.15, 0.2) is 53.4 Å². The van der Waals surface area contributed by atoms with Gasteiger partial charge in [-0.1, -0.05) is 12.1 Å². The molecule has 3 rings (SSSR count). The number of benzene rings is 2. The molecule has 0 bridgehead atoms. The summed E-state index contributed by atoms with van der Waals surface area (Å²) in [5.74, 6) is 0.407. The van der Waals surface area contributed by atoms with Gasteiger partial charge in [-0.2, -0.15) is 4.31 Å². The summed E-state index contributed by atoms with van der Waals surface area (Å²) in [6, 6.07) is 13.6. The van der Waals surface area contributed by atoms with Crippen LogP contribution in [0.4, 0.5) is 0 Å². The molecule has 0 aromatic heterocycles. The predicted octanol–water partition coefficient (Wildman–Crippen LogP) is 1.93. The second-order valence-electron chi connectivity index (χ2n) is 8.05. The molecule has 0 saturated carbocycles. The number of piperidine rings is 1. The first-order valence-corrected chi connectivity index (χ1v) is 12.6. The first-order valence-electron chi connectivity index (χ1n) is 11.1. The minimum Gasteiger partial charge on any atom is -0.497 e. The largest absolute Gasteiger partial charge is 0.497 e. The van der Waals surface area contributed by atoms with Gasteiger partial charge in [-0.25, -0.2) is 8.42 Å². The van der Waals surface area contributed by atoms with Crippen LogP contribution in [0.3, 0.4) is 0 Å². The molecular formula is C24H31N3O6S. The molecule has 2 N–H and O–H groups in total. The summed E-state index contributed by atoms with van der Waals surface area (Å²) in [5, 5.41) is 5.58. The van der Waals surface area contributed by atoms with Gasteiger partial charge in [-0.05, 0) is 54.8 Å². The molecule has 9 nitrogen and oxygen atoms in total. The third kappa shape index (κ3) is 6.71. The van der Waals surface area contributed by atoms with Crippen LogP contribution in [0.5, 0.6) is 11.5 Å². The lowest BCUT2D eigenvalue weighted by Gasteiger charge is -2.31. The van der Waals surface area contributed by atoms with Gasteiger partial charge in [0.1, 0.15) is 11.5 Å². The van der Waals surface area contributed by atoms with Crippen molar-refractivity contribution in [3.63, 3.8) is 0 Å². The summed E-state index contributed by atoms with van der Waals surface area (Å²) in [6.07, 6.45) is 1.33. The van der Waals surface area contributed by atoms with E-state index < -0.39 is 15.9 Å². The van der Waals surface area contributed by atoms with E-state index in [0.29, 0.717) is 31.7 Å². The van der Waals surface area contributed by atoms with Crippen LogP contribution in [-0.4, -0.2) is 58.4 Å². The van der Waals surface area contributed by atoms with Crippen molar-refractivity contribution < 1.29 is 27.5 Å². The standard InChI is InChI=1S/C24H31N3O6S/c1-32-20-8-10-22(11-9-20)34(30,31)27-14-4-6-19(17-27)24(29)25-13-12-23(28)26-16-18-5-3-7-21(15-18)33-2/h3,5,7-11,15,19H,4,6,12-14,16-17H2,1-2H3,(H,25,29)(H,26,28)/t19-/m1/s1. The van der Waals surface area contributed by atoms with Gasteiger partial charge in [0.15, 0.2) is 0 Å². The number of nitrogens with zero attached hydrogens (tertiary/aromatic N) is 1. The van der Waals surface area contributed by atoms with Crippen molar-refractivity contribution in [1.82, 2.24) is 14.9 Å². The first-order chi connectivity index (χ1) is 16.3. The van der Waals surface area contributed by atoms with Crippen molar-refractivity contribution in [1.29, 1.82) is 0 Å².